The molecule has 2 aromatic rings. The molecule has 2 N–H and O–H groups in total. The Kier molecular flexibility index (Phi) is 4.08. The molecule has 5 nitrogen and oxygen atoms in total. The van der Waals surface area contributed by atoms with Gasteiger partial charge < -0.3 is 5.73 Å². The summed E-state index contributed by atoms with van der Waals surface area (Å²) in [7, 11) is 0. The van der Waals surface area contributed by atoms with Crippen LogP contribution >= 0.6 is 0 Å². The van der Waals surface area contributed by atoms with Crippen LogP contribution in [0.4, 0.5) is 0 Å². The van der Waals surface area contributed by atoms with Gasteiger partial charge in [0.2, 0.25) is 0 Å². The van der Waals surface area contributed by atoms with Gasteiger partial charge in [0.05, 0.1) is 17.6 Å². The highest BCUT2D eigenvalue weighted by Crippen LogP contribution is 2.18. The van der Waals surface area contributed by atoms with Crippen molar-refractivity contribution in [3.63, 3.8) is 0 Å². The highest BCUT2D eigenvalue weighted by atomic mass is 15.4. The number of rotatable bonds is 4. The number of nitrogens with zero attached hydrogens (tertiary/aromatic N) is 4. The molecule has 1 saturated heterocycles. The van der Waals surface area contributed by atoms with Gasteiger partial charge in [0.1, 0.15) is 0 Å². The summed E-state index contributed by atoms with van der Waals surface area (Å²) in [6.07, 6.45) is 5.75. The molecule has 0 bridgehead atoms. The molecule has 1 aromatic heterocycles. The monoisotopic (exact) mass is 271 g/mol. The average molecular weight is 271 g/mol. The van der Waals surface area contributed by atoms with Crippen LogP contribution in [0.25, 0.3) is 5.69 Å². The molecule has 1 aliphatic heterocycles. The van der Waals surface area contributed by atoms with Crippen molar-refractivity contribution in [3.05, 3.63) is 42.2 Å². The van der Waals surface area contributed by atoms with E-state index < -0.39 is 0 Å². The Morgan fingerprint density at radius 1 is 1.20 bits per heavy atom. The van der Waals surface area contributed by atoms with Gasteiger partial charge in [-0.3, -0.25) is 4.90 Å². The van der Waals surface area contributed by atoms with E-state index in [0.717, 1.165) is 31.0 Å². The third kappa shape index (κ3) is 2.89. The molecular weight excluding hydrogens is 250 g/mol. The summed E-state index contributed by atoms with van der Waals surface area (Å²) < 4.78 is 1.83. The molecule has 5 heteroatoms. The smallest absolute Gasteiger partial charge is 0.0971 e. The third-order valence-electron chi connectivity index (χ3n) is 3.95. The van der Waals surface area contributed by atoms with Crippen LogP contribution in [-0.2, 0) is 6.54 Å². The van der Waals surface area contributed by atoms with E-state index >= 15 is 0 Å². The second-order valence-electron chi connectivity index (χ2n) is 5.35. The van der Waals surface area contributed by atoms with E-state index in [1.54, 1.807) is 0 Å². The lowest BCUT2D eigenvalue weighted by molar-refractivity contribution is 0.143. The van der Waals surface area contributed by atoms with Gasteiger partial charge in [0.15, 0.2) is 0 Å². The number of para-hydroxylation sites is 1. The SMILES string of the molecule is NCC1CCCCN1Cc1cn(-c2ccccc2)nn1. The molecule has 1 unspecified atom stereocenters. The summed E-state index contributed by atoms with van der Waals surface area (Å²) in [6.45, 7) is 2.68. The third-order valence-corrected chi connectivity index (χ3v) is 3.95. The summed E-state index contributed by atoms with van der Waals surface area (Å²) in [5, 5.41) is 8.50. The molecule has 0 spiro atoms. The van der Waals surface area contributed by atoms with E-state index in [9.17, 15) is 0 Å². The fourth-order valence-corrected chi connectivity index (χ4v) is 2.82. The minimum absolute atomic E-state index is 0.491. The van der Waals surface area contributed by atoms with Crippen molar-refractivity contribution in [3.8, 4) is 5.69 Å². The van der Waals surface area contributed by atoms with Crippen LogP contribution in [0.5, 0.6) is 0 Å². The molecule has 0 aliphatic carbocycles. The first-order valence-electron chi connectivity index (χ1n) is 7.27. The minimum atomic E-state index is 0.491. The van der Waals surface area contributed by atoms with Crippen LogP contribution in [-0.4, -0.2) is 39.0 Å². The Morgan fingerprint density at radius 3 is 2.85 bits per heavy atom. The van der Waals surface area contributed by atoms with E-state index in [4.69, 9.17) is 5.73 Å². The molecule has 1 atom stereocenters. The quantitative estimate of drug-likeness (QED) is 0.917. The lowest BCUT2D eigenvalue weighted by Crippen LogP contribution is -2.43. The largest absolute Gasteiger partial charge is 0.329 e. The van der Waals surface area contributed by atoms with Gasteiger partial charge in [-0.05, 0) is 31.5 Å². The van der Waals surface area contributed by atoms with Crippen molar-refractivity contribution in [2.45, 2.75) is 31.8 Å². The molecule has 1 aliphatic rings. The lowest BCUT2D eigenvalue weighted by atomic mass is 10.0. The fourth-order valence-electron chi connectivity index (χ4n) is 2.82. The molecule has 106 valence electrons. The number of hydrogen-bond donors (Lipinski definition) is 1. The Bertz CT molecular complexity index is 536. The van der Waals surface area contributed by atoms with Gasteiger partial charge in [0.25, 0.3) is 0 Å². The normalized spacial score (nSPS) is 20.1. The molecule has 1 aromatic carbocycles. The maximum Gasteiger partial charge on any atom is 0.0971 e. The van der Waals surface area contributed by atoms with Crippen molar-refractivity contribution in [1.29, 1.82) is 0 Å². The lowest BCUT2D eigenvalue weighted by Gasteiger charge is -2.34. The number of nitrogens with two attached hydrogens (primary N) is 1. The number of likely N-dealkylation sites (tertiary alicyclic amines) is 1. The van der Waals surface area contributed by atoms with Gasteiger partial charge in [-0.1, -0.05) is 29.8 Å². The van der Waals surface area contributed by atoms with Crippen LogP contribution in [0, 0.1) is 0 Å². The summed E-state index contributed by atoms with van der Waals surface area (Å²) in [4.78, 5) is 2.43. The first kappa shape index (κ1) is 13.3. The maximum atomic E-state index is 5.86. The van der Waals surface area contributed by atoms with Crippen LogP contribution in [0.1, 0.15) is 25.0 Å². The summed E-state index contributed by atoms with van der Waals surface area (Å²) in [5.74, 6) is 0. The maximum absolute atomic E-state index is 5.86. The predicted molar refractivity (Wildman–Crippen MR) is 78.5 cm³/mol. The van der Waals surface area contributed by atoms with Crippen LogP contribution in [0.3, 0.4) is 0 Å². The average Bonchev–Trinajstić information content (AvgIpc) is 2.97. The van der Waals surface area contributed by atoms with Crippen molar-refractivity contribution >= 4 is 0 Å². The second kappa shape index (κ2) is 6.15. The van der Waals surface area contributed by atoms with Crippen molar-refractivity contribution in [2.24, 2.45) is 5.73 Å². The van der Waals surface area contributed by atoms with Crippen LogP contribution in [0.15, 0.2) is 36.5 Å². The molecule has 0 amide bonds. The van der Waals surface area contributed by atoms with E-state index in [1.165, 1.54) is 19.3 Å². The van der Waals surface area contributed by atoms with Crippen LogP contribution < -0.4 is 5.73 Å². The summed E-state index contributed by atoms with van der Waals surface area (Å²) >= 11 is 0. The van der Waals surface area contributed by atoms with E-state index in [0.29, 0.717) is 6.04 Å². The minimum Gasteiger partial charge on any atom is -0.329 e. The highest BCUT2D eigenvalue weighted by molar-refractivity contribution is 5.29. The van der Waals surface area contributed by atoms with E-state index in [-0.39, 0.29) is 0 Å². The van der Waals surface area contributed by atoms with Crippen molar-refractivity contribution in [2.75, 3.05) is 13.1 Å². The zero-order chi connectivity index (χ0) is 13.8. The Labute approximate surface area is 119 Å². The van der Waals surface area contributed by atoms with Gasteiger partial charge >= 0.3 is 0 Å². The zero-order valence-corrected chi connectivity index (χ0v) is 11.7. The number of benzene rings is 1. The van der Waals surface area contributed by atoms with Gasteiger partial charge in [0, 0.05) is 19.1 Å². The summed E-state index contributed by atoms with van der Waals surface area (Å²) in [5.41, 5.74) is 7.91. The van der Waals surface area contributed by atoms with Gasteiger partial charge in [-0.25, -0.2) is 4.68 Å². The molecular formula is C15H21N5. The Hall–Kier alpha value is -1.72. The predicted octanol–water partition coefficient (Wildman–Crippen LogP) is 1.58. The molecule has 20 heavy (non-hydrogen) atoms. The number of piperidine rings is 1. The summed E-state index contributed by atoms with van der Waals surface area (Å²) in [6, 6.07) is 10.6. The molecule has 3 rings (SSSR count). The van der Waals surface area contributed by atoms with Crippen molar-refractivity contribution in [1.82, 2.24) is 19.9 Å². The molecule has 0 saturated carbocycles. The standard InChI is InChI=1S/C15H21N5/c16-10-15-8-4-5-9-19(15)11-13-12-20(18-17-13)14-6-2-1-3-7-14/h1-3,6-7,12,15H,4-5,8-11,16H2. The molecule has 0 radical (unpaired) electrons. The van der Waals surface area contributed by atoms with Gasteiger partial charge in [-0.15, -0.1) is 5.10 Å². The number of aromatic nitrogens is 3. The topological polar surface area (TPSA) is 60.0 Å². The zero-order valence-electron chi connectivity index (χ0n) is 11.7. The van der Waals surface area contributed by atoms with Crippen molar-refractivity contribution < 1.29 is 0 Å². The van der Waals surface area contributed by atoms with Gasteiger partial charge in [-0.2, -0.15) is 0 Å². The number of hydrogen-bond acceptors (Lipinski definition) is 4. The first-order chi connectivity index (χ1) is 9.86. The van der Waals surface area contributed by atoms with E-state index in [1.807, 2.05) is 41.2 Å². The fraction of sp³-hybridized carbons (Fsp3) is 0.467. The molecule has 2 heterocycles. The first-order valence-corrected chi connectivity index (χ1v) is 7.27. The Balaban J connectivity index is 1.71. The Morgan fingerprint density at radius 2 is 2.05 bits per heavy atom. The molecule has 1 fully saturated rings. The van der Waals surface area contributed by atoms with Crippen LogP contribution in [0.2, 0.25) is 0 Å². The van der Waals surface area contributed by atoms with E-state index in [2.05, 4.69) is 15.2 Å². The second-order valence-corrected chi connectivity index (χ2v) is 5.35. The highest BCUT2D eigenvalue weighted by Gasteiger charge is 2.21.